The summed E-state index contributed by atoms with van der Waals surface area (Å²) in [7, 11) is 0. The molecule has 0 amide bonds. The van der Waals surface area contributed by atoms with E-state index in [1.807, 2.05) is 17.0 Å². The van der Waals surface area contributed by atoms with E-state index in [4.69, 9.17) is 0 Å². The van der Waals surface area contributed by atoms with Crippen LogP contribution in [0.4, 0.5) is 13.2 Å². The number of likely N-dealkylation sites (tertiary alicyclic amines) is 1. The molecule has 2 nitrogen and oxygen atoms in total. The van der Waals surface area contributed by atoms with Crippen molar-refractivity contribution in [1.29, 1.82) is 0 Å². The molecular formula is C19H22F3NO. The Morgan fingerprint density at radius 3 is 2.54 bits per heavy atom. The van der Waals surface area contributed by atoms with Gasteiger partial charge in [-0.25, -0.2) is 0 Å². The van der Waals surface area contributed by atoms with Crippen molar-refractivity contribution in [3.63, 3.8) is 0 Å². The van der Waals surface area contributed by atoms with Crippen LogP contribution >= 0.6 is 0 Å². The number of aliphatic hydroxyl groups is 1. The number of hydrogen-bond donors (Lipinski definition) is 1. The van der Waals surface area contributed by atoms with Gasteiger partial charge in [0.15, 0.2) is 0 Å². The molecule has 2 unspecified atom stereocenters. The van der Waals surface area contributed by atoms with Gasteiger partial charge in [0.25, 0.3) is 0 Å². The summed E-state index contributed by atoms with van der Waals surface area (Å²) in [5, 5.41) is 9.73. The van der Waals surface area contributed by atoms with Crippen LogP contribution in [0.1, 0.15) is 43.4 Å². The summed E-state index contributed by atoms with van der Waals surface area (Å²) >= 11 is 0. The smallest absolute Gasteiger partial charge is 0.389 e. The van der Waals surface area contributed by atoms with E-state index in [9.17, 15) is 18.3 Å². The molecule has 1 aliphatic heterocycles. The van der Waals surface area contributed by atoms with Crippen LogP contribution in [0.5, 0.6) is 0 Å². The van der Waals surface area contributed by atoms with Crippen LogP contribution in [-0.4, -0.2) is 29.3 Å². The van der Waals surface area contributed by atoms with E-state index in [0.29, 0.717) is 16.8 Å². The largest absolute Gasteiger partial charge is 0.395 e. The Morgan fingerprint density at radius 1 is 1.21 bits per heavy atom. The fourth-order valence-electron chi connectivity index (χ4n) is 3.37. The highest BCUT2D eigenvalue weighted by molar-refractivity contribution is 5.70. The van der Waals surface area contributed by atoms with Crippen LogP contribution in [0.3, 0.4) is 0 Å². The van der Waals surface area contributed by atoms with Crippen molar-refractivity contribution in [1.82, 2.24) is 4.90 Å². The van der Waals surface area contributed by atoms with Crippen molar-refractivity contribution in [2.75, 3.05) is 13.1 Å². The van der Waals surface area contributed by atoms with Crippen LogP contribution in [-0.2, 0) is 0 Å². The maximum absolute atomic E-state index is 13.4. The number of benzene rings is 1. The van der Waals surface area contributed by atoms with Gasteiger partial charge >= 0.3 is 6.18 Å². The average Bonchev–Trinajstić information content (AvgIpc) is 3.08. The fraction of sp³-hybridized carbons (Fsp3) is 0.474. The Morgan fingerprint density at radius 2 is 1.92 bits per heavy atom. The molecule has 0 radical (unpaired) electrons. The van der Waals surface area contributed by atoms with Crippen molar-refractivity contribution in [3.8, 4) is 0 Å². The van der Waals surface area contributed by atoms with E-state index in [-0.39, 0.29) is 6.42 Å². The van der Waals surface area contributed by atoms with E-state index in [1.54, 1.807) is 25.1 Å². The third-order valence-electron chi connectivity index (χ3n) is 4.77. The van der Waals surface area contributed by atoms with Crippen LogP contribution in [0.2, 0.25) is 0 Å². The molecule has 5 heteroatoms. The first kappa shape index (κ1) is 17.1. The van der Waals surface area contributed by atoms with Gasteiger partial charge < -0.3 is 10.0 Å². The van der Waals surface area contributed by atoms with Crippen LogP contribution < -0.4 is 0 Å². The Kier molecular flexibility index (Phi) is 4.72. The zero-order valence-corrected chi connectivity index (χ0v) is 13.7. The third kappa shape index (κ3) is 3.66. The molecule has 2 aliphatic rings. The highest BCUT2D eigenvalue weighted by Gasteiger charge is 2.40. The summed E-state index contributed by atoms with van der Waals surface area (Å²) in [4.78, 5) is 2.04. The first-order valence-electron chi connectivity index (χ1n) is 8.37. The molecule has 1 N–H and O–H groups in total. The van der Waals surface area contributed by atoms with Gasteiger partial charge in [0.05, 0.1) is 12.0 Å². The van der Waals surface area contributed by atoms with Crippen LogP contribution in [0, 0.1) is 5.92 Å². The summed E-state index contributed by atoms with van der Waals surface area (Å²) in [6.07, 6.45) is 0.364. The molecule has 1 aliphatic carbocycles. The predicted molar refractivity (Wildman–Crippen MR) is 88.1 cm³/mol. The molecule has 1 heterocycles. The van der Waals surface area contributed by atoms with E-state index < -0.39 is 18.2 Å². The van der Waals surface area contributed by atoms with Crippen LogP contribution in [0.25, 0.3) is 5.57 Å². The van der Waals surface area contributed by atoms with Gasteiger partial charge in [-0.15, -0.1) is 0 Å². The van der Waals surface area contributed by atoms with E-state index in [1.165, 1.54) is 6.08 Å². The minimum atomic E-state index is -4.24. The lowest BCUT2D eigenvalue weighted by Gasteiger charge is -2.29. The molecule has 0 bridgehead atoms. The molecule has 0 aromatic heterocycles. The number of allylic oxidation sites excluding steroid dienone is 3. The molecule has 3 rings (SSSR count). The number of halogens is 3. The van der Waals surface area contributed by atoms with Gasteiger partial charge in [0.2, 0.25) is 0 Å². The second-order valence-electron chi connectivity index (χ2n) is 6.61. The monoisotopic (exact) mass is 337 g/mol. The summed E-state index contributed by atoms with van der Waals surface area (Å²) in [6.45, 7) is 3.28. The van der Waals surface area contributed by atoms with Gasteiger partial charge in [-0.2, -0.15) is 13.2 Å². The Balaban J connectivity index is 1.96. The van der Waals surface area contributed by atoms with Gasteiger partial charge in [0, 0.05) is 18.8 Å². The van der Waals surface area contributed by atoms with Crippen molar-refractivity contribution in [2.45, 2.75) is 38.5 Å². The predicted octanol–water partition coefficient (Wildman–Crippen LogP) is 4.69. The van der Waals surface area contributed by atoms with E-state index in [0.717, 1.165) is 31.5 Å². The third-order valence-corrected chi connectivity index (χ3v) is 4.77. The number of alkyl halides is 3. The molecular weight excluding hydrogens is 315 g/mol. The van der Waals surface area contributed by atoms with E-state index >= 15 is 0 Å². The van der Waals surface area contributed by atoms with Crippen molar-refractivity contribution in [2.24, 2.45) is 5.92 Å². The molecule has 1 fully saturated rings. The second-order valence-corrected chi connectivity index (χ2v) is 6.61. The molecule has 2 atom stereocenters. The van der Waals surface area contributed by atoms with Gasteiger partial charge in [-0.05, 0) is 61.1 Å². The summed E-state index contributed by atoms with van der Waals surface area (Å²) in [5.41, 5.74) is 2.84. The second kappa shape index (κ2) is 6.63. The fourth-order valence-corrected chi connectivity index (χ4v) is 3.37. The minimum absolute atomic E-state index is 0.0515. The SMILES string of the molecule is CC(O)c1cccc(C2=CC(N3CCCC3)=CC(C(F)(F)F)C2)c1. The Hall–Kier alpha value is -1.75. The van der Waals surface area contributed by atoms with Gasteiger partial charge in [-0.1, -0.05) is 18.2 Å². The minimum Gasteiger partial charge on any atom is -0.389 e. The standard InChI is InChI=1S/C19H22F3NO/c1-13(24)14-5-4-6-15(9-14)16-10-17(19(20,21)22)12-18(11-16)23-7-2-3-8-23/h4-6,9,11-13,17,24H,2-3,7-8,10H2,1H3. The Labute approximate surface area is 140 Å². The Bertz CT molecular complexity index is 655. The summed E-state index contributed by atoms with van der Waals surface area (Å²) in [6, 6.07) is 7.18. The van der Waals surface area contributed by atoms with Crippen LogP contribution in [0.15, 0.2) is 42.1 Å². The normalized spacial score (nSPS) is 23.0. The number of hydrogen-bond acceptors (Lipinski definition) is 2. The zero-order valence-electron chi connectivity index (χ0n) is 13.7. The lowest BCUT2D eigenvalue weighted by atomic mass is 9.87. The first-order valence-corrected chi connectivity index (χ1v) is 8.37. The summed E-state index contributed by atoms with van der Waals surface area (Å²) < 4.78 is 40.1. The molecule has 24 heavy (non-hydrogen) atoms. The van der Waals surface area contributed by atoms with Crippen molar-refractivity contribution in [3.05, 3.63) is 53.2 Å². The van der Waals surface area contributed by atoms with Gasteiger partial charge in [-0.3, -0.25) is 0 Å². The maximum Gasteiger partial charge on any atom is 0.395 e. The molecule has 1 aromatic rings. The summed E-state index contributed by atoms with van der Waals surface area (Å²) in [5.74, 6) is -1.46. The van der Waals surface area contributed by atoms with Gasteiger partial charge in [0.1, 0.15) is 0 Å². The number of aliphatic hydroxyl groups excluding tert-OH is 1. The zero-order chi connectivity index (χ0) is 17.3. The quantitative estimate of drug-likeness (QED) is 0.865. The number of nitrogens with zero attached hydrogens (tertiary/aromatic N) is 1. The highest BCUT2D eigenvalue weighted by atomic mass is 19.4. The average molecular weight is 337 g/mol. The molecule has 0 saturated carbocycles. The first-order chi connectivity index (χ1) is 11.3. The lowest BCUT2D eigenvalue weighted by molar-refractivity contribution is -0.160. The maximum atomic E-state index is 13.4. The molecule has 1 aromatic carbocycles. The lowest BCUT2D eigenvalue weighted by Crippen LogP contribution is -2.27. The molecule has 0 spiro atoms. The topological polar surface area (TPSA) is 23.5 Å². The van der Waals surface area contributed by atoms with Crippen molar-refractivity contribution >= 4 is 5.57 Å². The highest BCUT2D eigenvalue weighted by Crippen LogP contribution is 2.40. The van der Waals surface area contributed by atoms with Crippen molar-refractivity contribution < 1.29 is 18.3 Å². The molecule has 1 saturated heterocycles. The van der Waals surface area contributed by atoms with E-state index in [2.05, 4.69) is 0 Å². The number of rotatable bonds is 3. The molecule has 130 valence electrons.